The Hall–Kier alpha value is -6.49. The third-order valence-corrected chi connectivity index (χ3v) is 10.7. The van der Waals surface area contributed by atoms with Gasteiger partial charge in [-0.2, -0.15) is 13.2 Å². The first-order valence-corrected chi connectivity index (χ1v) is 18.7. The van der Waals surface area contributed by atoms with Crippen LogP contribution in [0.1, 0.15) is 67.9 Å². The highest BCUT2D eigenvalue weighted by atomic mass is 19.4. The van der Waals surface area contributed by atoms with Crippen LogP contribution in [0.25, 0.3) is 0 Å². The zero-order chi connectivity index (χ0) is 41.3. The first kappa shape index (κ1) is 39.7. The summed E-state index contributed by atoms with van der Waals surface area (Å²) >= 11 is 0. The maximum Gasteiger partial charge on any atom is 0.419 e. The number of carbonyl (C=O) groups is 5. The van der Waals surface area contributed by atoms with Crippen molar-refractivity contribution in [3.63, 3.8) is 0 Å². The number of nitrogens with one attached hydrogen (secondary N) is 4. The zero-order valence-electron chi connectivity index (χ0n) is 31.9. The number of methoxy groups -OCH3 is 1. The van der Waals surface area contributed by atoms with Crippen molar-refractivity contribution in [2.45, 2.75) is 50.5 Å². The average molecular weight is 799 g/mol. The molecule has 3 aromatic carbocycles. The van der Waals surface area contributed by atoms with E-state index in [4.69, 9.17) is 4.74 Å². The number of hydrogen-bond acceptors (Lipinski definition) is 11. The average Bonchev–Trinajstić information content (AvgIpc) is 3.45. The molecule has 5 amide bonds. The van der Waals surface area contributed by atoms with Crippen molar-refractivity contribution < 1.29 is 41.9 Å². The Labute approximate surface area is 331 Å². The molecular formula is C41H41F3N8O6. The number of carbonyl (C=O) groups excluding carboxylic acids is 5. The molecule has 0 bridgehead atoms. The van der Waals surface area contributed by atoms with Crippen molar-refractivity contribution in [3.05, 3.63) is 101 Å². The van der Waals surface area contributed by atoms with E-state index in [-0.39, 0.29) is 52.8 Å². The lowest BCUT2D eigenvalue weighted by atomic mass is 10.0. The quantitative estimate of drug-likeness (QED) is 0.143. The lowest BCUT2D eigenvalue weighted by molar-refractivity contribution is -0.137. The van der Waals surface area contributed by atoms with E-state index < -0.39 is 47.3 Å². The maximum absolute atomic E-state index is 14.0. The van der Waals surface area contributed by atoms with Gasteiger partial charge < -0.3 is 25.6 Å². The van der Waals surface area contributed by atoms with Crippen LogP contribution in [0.5, 0.6) is 5.75 Å². The first-order valence-electron chi connectivity index (χ1n) is 18.7. The molecule has 4 aromatic rings. The highest BCUT2D eigenvalue weighted by Gasteiger charge is 2.44. The molecule has 4 N–H and O–H groups in total. The molecule has 0 radical (unpaired) electrons. The van der Waals surface area contributed by atoms with Gasteiger partial charge in [0.2, 0.25) is 11.8 Å². The van der Waals surface area contributed by atoms with E-state index in [1.807, 2.05) is 25.2 Å². The van der Waals surface area contributed by atoms with Crippen LogP contribution in [-0.2, 0) is 22.3 Å². The number of piperidine rings is 2. The third-order valence-electron chi connectivity index (χ3n) is 10.7. The number of pyridine rings is 1. The number of ether oxygens (including phenoxy) is 1. The summed E-state index contributed by atoms with van der Waals surface area (Å²) in [7, 11) is 4.95. The summed E-state index contributed by atoms with van der Waals surface area (Å²) < 4.78 is 47.8. The number of imide groups is 2. The van der Waals surface area contributed by atoms with Gasteiger partial charge in [0.05, 0.1) is 46.4 Å². The molecule has 1 aromatic heterocycles. The molecule has 1 unspecified atom stereocenters. The summed E-state index contributed by atoms with van der Waals surface area (Å²) in [6.45, 7) is 1.99. The molecule has 0 saturated carbocycles. The van der Waals surface area contributed by atoms with Gasteiger partial charge in [0.1, 0.15) is 17.6 Å². The Bertz CT molecular complexity index is 2290. The molecule has 4 heterocycles. The van der Waals surface area contributed by atoms with Crippen LogP contribution in [0.3, 0.4) is 0 Å². The number of aromatic nitrogens is 1. The van der Waals surface area contributed by atoms with E-state index in [0.29, 0.717) is 18.0 Å². The molecule has 1 atom stereocenters. The Balaban J connectivity index is 0.991. The van der Waals surface area contributed by atoms with Crippen molar-refractivity contribution in [3.8, 4) is 5.75 Å². The molecule has 2 saturated heterocycles. The molecule has 3 aliphatic heterocycles. The van der Waals surface area contributed by atoms with E-state index in [1.165, 1.54) is 32.4 Å². The van der Waals surface area contributed by atoms with Gasteiger partial charge in [-0.15, -0.1) is 0 Å². The van der Waals surface area contributed by atoms with Crippen LogP contribution < -0.4 is 30.9 Å². The van der Waals surface area contributed by atoms with Gasteiger partial charge in [-0.05, 0) is 68.3 Å². The number of fused-ring (bicyclic) bond motifs is 1. The van der Waals surface area contributed by atoms with E-state index in [9.17, 15) is 37.1 Å². The Morgan fingerprint density at radius 2 is 1.66 bits per heavy atom. The van der Waals surface area contributed by atoms with E-state index >= 15 is 0 Å². The molecule has 17 heteroatoms. The van der Waals surface area contributed by atoms with E-state index in [0.717, 1.165) is 48.3 Å². The van der Waals surface area contributed by atoms with Crippen LogP contribution in [0, 0.1) is 0 Å². The van der Waals surface area contributed by atoms with Gasteiger partial charge in [-0.25, -0.2) is 4.98 Å². The van der Waals surface area contributed by atoms with Crippen molar-refractivity contribution in [2.24, 2.45) is 0 Å². The predicted octanol–water partition coefficient (Wildman–Crippen LogP) is 5.46. The van der Waals surface area contributed by atoms with Crippen LogP contribution in [0.4, 0.5) is 41.7 Å². The second-order valence-corrected chi connectivity index (χ2v) is 14.3. The number of amides is 5. The van der Waals surface area contributed by atoms with Gasteiger partial charge in [0.15, 0.2) is 0 Å². The SMILES string of the molecule is CNC(=O)c1ccccc1Nc1cc(Nc2ccc(N3CCC(N(C)Cc4ccc5c(c4)C(=O)N(C4CCC(=O)NC4=O)C5=O)CC3)cc2OC)ncc1C(F)(F)F. The number of anilines is 5. The smallest absolute Gasteiger partial charge is 0.419 e. The van der Waals surface area contributed by atoms with Crippen LogP contribution >= 0.6 is 0 Å². The fourth-order valence-electron chi connectivity index (χ4n) is 7.64. The third kappa shape index (κ3) is 8.02. The van der Waals surface area contributed by atoms with E-state index in [2.05, 4.69) is 36.1 Å². The molecule has 0 spiro atoms. The molecule has 302 valence electrons. The van der Waals surface area contributed by atoms with E-state index in [1.54, 1.807) is 30.3 Å². The Morgan fingerprint density at radius 1 is 0.914 bits per heavy atom. The Kier molecular flexibility index (Phi) is 11.1. The molecular weight excluding hydrogens is 757 g/mol. The number of hydrogen-bond donors (Lipinski definition) is 4. The van der Waals surface area contributed by atoms with Gasteiger partial charge in [0.25, 0.3) is 17.7 Å². The highest BCUT2D eigenvalue weighted by molar-refractivity contribution is 6.23. The minimum atomic E-state index is -4.72. The minimum Gasteiger partial charge on any atom is -0.494 e. The second kappa shape index (κ2) is 16.2. The Morgan fingerprint density at radius 3 is 2.36 bits per heavy atom. The molecule has 14 nitrogen and oxygen atoms in total. The number of halogens is 3. The number of alkyl halides is 3. The minimum absolute atomic E-state index is 0.0533. The van der Waals surface area contributed by atoms with Crippen molar-refractivity contribution in [1.82, 2.24) is 25.4 Å². The summed E-state index contributed by atoms with van der Waals surface area (Å²) in [4.78, 5) is 72.3. The largest absolute Gasteiger partial charge is 0.494 e. The predicted molar refractivity (Wildman–Crippen MR) is 208 cm³/mol. The molecule has 2 fully saturated rings. The number of para-hydroxylation sites is 1. The summed E-state index contributed by atoms with van der Waals surface area (Å²) in [5.41, 5.74) is 1.80. The molecule has 7 rings (SSSR count). The summed E-state index contributed by atoms with van der Waals surface area (Å²) in [5.74, 6) is -2.03. The fourth-order valence-corrected chi connectivity index (χ4v) is 7.64. The summed E-state index contributed by atoms with van der Waals surface area (Å²) in [6, 6.07) is 17.4. The standard InChI is InChI=1S/C41H41F3N8O6/c1-45-37(54)27-6-4-5-7-30(27)47-32-20-35(46-21-29(32)41(42,43)44)48-31-11-9-25(19-34(31)58-3)51-16-14-24(15-17-51)50(2)22-23-8-10-26-28(18-23)40(57)52(39(26)56)33-12-13-36(53)49-38(33)55/h4-11,18-21,24,33H,12-17,22H2,1-3H3,(H,45,54)(H2,46,47,48)(H,49,53,55). The summed E-state index contributed by atoms with van der Waals surface area (Å²) in [5, 5.41) is 10.6. The van der Waals surface area contributed by atoms with Gasteiger partial charge in [-0.1, -0.05) is 18.2 Å². The number of nitrogens with zero attached hydrogens (tertiary/aromatic N) is 4. The maximum atomic E-state index is 14.0. The monoisotopic (exact) mass is 798 g/mol. The first-order chi connectivity index (χ1) is 27.7. The van der Waals surface area contributed by atoms with Crippen molar-refractivity contribution in [2.75, 3.05) is 49.8 Å². The zero-order valence-corrected chi connectivity index (χ0v) is 31.9. The van der Waals surface area contributed by atoms with Crippen LogP contribution in [-0.4, -0.2) is 90.7 Å². The van der Waals surface area contributed by atoms with Crippen molar-refractivity contribution >= 4 is 58.1 Å². The van der Waals surface area contributed by atoms with Crippen LogP contribution in [0.2, 0.25) is 0 Å². The molecule has 0 aliphatic carbocycles. The van der Waals surface area contributed by atoms with Crippen molar-refractivity contribution in [1.29, 1.82) is 0 Å². The fraction of sp³-hybridized carbons (Fsp3) is 0.317. The van der Waals surface area contributed by atoms with Gasteiger partial charge >= 0.3 is 6.18 Å². The topological polar surface area (TPSA) is 165 Å². The normalized spacial score (nSPS) is 17.3. The lowest BCUT2D eigenvalue weighted by Gasteiger charge is -2.38. The molecule has 58 heavy (non-hydrogen) atoms. The van der Waals surface area contributed by atoms with Crippen LogP contribution in [0.15, 0.2) is 72.9 Å². The van der Waals surface area contributed by atoms with Gasteiger partial charge in [0, 0.05) is 63.2 Å². The number of rotatable bonds is 11. The summed E-state index contributed by atoms with van der Waals surface area (Å²) in [6.07, 6.45) is -2.17. The second-order valence-electron chi connectivity index (χ2n) is 14.3. The lowest BCUT2D eigenvalue weighted by Crippen LogP contribution is -2.54. The van der Waals surface area contributed by atoms with Gasteiger partial charge in [-0.3, -0.25) is 39.1 Å². The number of benzene rings is 3. The molecule has 3 aliphatic rings. The highest BCUT2D eigenvalue weighted by Crippen LogP contribution is 2.39.